The Kier molecular flexibility index (Phi) is 3.41. The van der Waals surface area contributed by atoms with E-state index in [0.717, 1.165) is 17.5 Å². The van der Waals surface area contributed by atoms with Gasteiger partial charge >= 0.3 is 5.97 Å². The first-order chi connectivity index (χ1) is 11.7. The van der Waals surface area contributed by atoms with Gasteiger partial charge < -0.3 is 10.4 Å². The second-order valence-electron chi connectivity index (χ2n) is 6.27. The monoisotopic (exact) mass is 321 g/mol. The molecule has 3 N–H and O–H groups in total. The molecular formula is C19H17N2O3+. The van der Waals surface area contributed by atoms with Gasteiger partial charge in [-0.05, 0) is 29.5 Å². The van der Waals surface area contributed by atoms with Crippen LogP contribution in [0.5, 0.6) is 0 Å². The molecule has 2 aliphatic rings. The molecule has 3 unspecified atom stereocenters. The number of carbonyl (C=O) groups is 1. The van der Waals surface area contributed by atoms with Crippen molar-refractivity contribution in [2.75, 3.05) is 5.32 Å². The number of allylic oxidation sites excluding steroid dienone is 2. The van der Waals surface area contributed by atoms with Gasteiger partial charge in [0, 0.05) is 28.1 Å². The molecule has 1 aliphatic heterocycles. The molecule has 5 heteroatoms. The lowest BCUT2D eigenvalue weighted by Gasteiger charge is -2.38. The number of hydrogen-bond donors (Lipinski definition) is 3. The zero-order valence-corrected chi connectivity index (χ0v) is 12.9. The Morgan fingerprint density at radius 3 is 2.67 bits per heavy atom. The number of aromatic carboxylic acids is 1. The van der Waals surface area contributed by atoms with Crippen molar-refractivity contribution in [3.05, 3.63) is 76.2 Å². The third-order valence-electron chi connectivity index (χ3n) is 5.01. The molecular weight excluding hydrogens is 304 g/mol. The first-order valence-electron chi connectivity index (χ1n) is 7.96. The smallest absolute Gasteiger partial charge is 0.337 e. The van der Waals surface area contributed by atoms with Gasteiger partial charge in [-0.3, -0.25) is 0 Å². The largest absolute Gasteiger partial charge is 0.478 e. The molecule has 0 bridgehead atoms. The van der Waals surface area contributed by atoms with Crippen LogP contribution in [-0.4, -0.2) is 11.1 Å². The zero-order valence-electron chi connectivity index (χ0n) is 12.9. The molecule has 1 heterocycles. The fraction of sp³-hybridized carbons (Fsp3) is 0.211. The molecule has 120 valence electrons. The molecule has 4 rings (SSSR count). The van der Waals surface area contributed by atoms with Crippen LogP contribution in [-0.2, 0) is 0 Å². The van der Waals surface area contributed by atoms with Gasteiger partial charge in [0.15, 0.2) is 0 Å². The molecule has 0 saturated carbocycles. The fourth-order valence-electron chi connectivity index (χ4n) is 3.89. The summed E-state index contributed by atoms with van der Waals surface area (Å²) in [7, 11) is 0. The quantitative estimate of drug-likeness (QED) is 0.759. The minimum Gasteiger partial charge on any atom is -0.478 e. The third kappa shape index (κ3) is 2.21. The van der Waals surface area contributed by atoms with E-state index in [9.17, 15) is 14.8 Å². The van der Waals surface area contributed by atoms with Crippen LogP contribution in [0.2, 0.25) is 0 Å². The Hall–Kier alpha value is -2.95. The van der Waals surface area contributed by atoms with Gasteiger partial charge in [0.2, 0.25) is 0 Å². The second kappa shape index (κ2) is 5.60. The molecule has 5 nitrogen and oxygen atoms in total. The minimum absolute atomic E-state index is 0.0127. The predicted molar refractivity (Wildman–Crippen MR) is 90.2 cm³/mol. The normalized spacial score (nSPS) is 23.9. The average Bonchev–Trinajstić information content (AvgIpc) is 3.10. The number of rotatable bonds is 3. The van der Waals surface area contributed by atoms with Crippen LogP contribution in [0.15, 0.2) is 54.6 Å². The van der Waals surface area contributed by atoms with E-state index in [4.69, 9.17) is 0 Å². The molecule has 0 fully saturated rings. The Balaban J connectivity index is 1.81. The Labute approximate surface area is 139 Å². The van der Waals surface area contributed by atoms with Crippen molar-refractivity contribution in [1.82, 2.24) is 0 Å². The molecule has 2 aromatic carbocycles. The highest BCUT2D eigenvalue weighted by atomic mass is 16.4. The van der Waals surface area contributed by atoms with E-state index in [1.807, 2.05) is 29.4 Å². The number of para-hydroxylation sites is 1. The van der Waals surface area contributed by atoms with E-state index in [2.05, 4.69) is 17.5 Å². The topological polar surface area (TPSA) is 80.4 Å². The molecule has 3 atom stereocenters. The molecule has 0 amide bonds. The van der Waals surface area contributed by atoms with Gasteiger partial charge in [0.1, 0.15) is 0 Å². The lowest BCUT2D eigenvalue weighted by molar-refractivity contribution is -0.379. The van der Waals surface area contributed by atoms with Crippen LogP contribution in [0.3, 0.4) is 0 Å². The number of fused-ring (bicyclic) bond motifs is 3. The highest BCUT2D eigenvalue weighted by Gasteiger charge is 2.39. The molecule has 0 saturated heterocycles. The lowest BCUT2D eigenvalue weighted by Crippen LogP contribution is -2.55. The zero-order chi connectivity index (χ0) is 16.7. The fourth-order valence-corrected chi connectivity index (χ4v) is 3.89. The number of benzene rings is 2. The minimum atomic E-state index is -0.926. The van der Waals surface area contributed by atoms with Crippen molar-refractivity contribution in [2.45, 2.75) is 18.4 Å². The molecule has 1 aliphatic carbocycles. The molecule has 0 spiro atoms. The standard InChI is InChI=1S/C19H16N2O3/c22-19(23)16-6-2-5-15-13-3-1-4-14(13)17(20-18(15)16)11-7-9-12(21-24)10-8-11/h1-3,5-10,13-14,17,20H,4H2,(H,22,23)/p+1. The summed E-state index contributed by atoms with van der Waals surface area (Å²) in [6, 6.07) is 12.8. The maximum atomic E-state index is 11.6. The number of nitroso groups, excluding NO2 is 1. The number of nitrogens with one attached hydrogen (secondary N) is 2. The third-order valence-corrected chi connectivity index (χ3v) is 5.01. The van der Waals surface area contributed by atoms with Gasteiger partial charge in [-0.25, -0.2) is 4.79 Å². The van der Waals surface area contributed by atoms with E-state index in [1.165, 1.54) is 0 Å². The number of carboxylic acid groups (broad SMARTS) is 1. The predicted octanol–water partition coefficient (Wildman–Crippen LogP) is 2.69. The SMILES string of the molecule is O=[NH+]c1ccc(C2Nc3c(C(=O)O)cccc3C3C=CCC32)cc1. The van der Waals surface area contributed by atoms with E-state index >= 15 is 0 Å². The summed E-state index contributed by atoms with van der Waals surface area (Å²) in [4.78, 5) is 22.3. The summed E-state index contributed by atoms with van der Waals surface area (Å²) in [5, 5.41) is 14.8. The number of anilines is 1. The molecule has 0 radical (unpaired) electrons. The van der Waals surface area contributed by atoms with Crippen molar-refractivity contribution in [3.63, 3.8) is 0 Å². The van der Waals surface area contributed by atoms with Crippen LogP contribution in [0.1, 0.15) is 39.9 Å². The highest BCUT2D eigenvalue weighted by molar-refractivity contribution is 5.95. The van der Waals surface area contributed by atoms with Crippen molar-refractivity contribution in [2.24, 2.45) is 5.92 Å². The van der Waals surface area contributed by atoms with Crippen LogP contribution in [0.4, 0.5) is 11.4 Å². The Morgan fingerprint density at radius 2 is 1.96 bits per heavy atom. The summed E-state index contributed by atoms with van der Waals surface area (Å²) in [5.74, 6) is -0.375. The summed E-state index contributed by atoms with van der Waals surface area (Å²) < 4.78 is 0. The van der Waals surface area contributed by atoms with Gasteiger partial charge in [0.05, 0.1) is 17.3 Å². The summed E-state index contributed by atoms with van der Waals surface area (Å²) in [6.07, 6.45) is 5.29. The van der Waals surface area contributed by atoms with Gasteiger partial charge in [-0.15, -0.1) is 0 Å². The van der Waals surface area contributed by atoms with Gasteiger partial charge in [-0.2, -0.15) is 0 Å². The van der Waals surface area contributed by atoms with E-state index in [1.54, 1.807) is 18.2 Å². The molecule has 0 aromatic heterocycles. The van der Waals surface area contributed by atoms with E-state index < -0.39 is 5.97 Å². The Morgan fingerprint density at radius 1 is 1.17 bits per heavy atom. The lowest BCUT2D eigenvalue weighted by atomic mass is 9.76. The summed E-state index contributed by atoms with van der Waals surface area (Å²) >= 11 is 0. The molecule has 2 aromatic rings. The first kappa shape index (κ1) is 14.6. The average molecular weight is 321 g/mol. The summed E-state index contributed by atoms with van der Waals surface area (Å²) in [5.41, 5.74) is 3.62. The van der Waals surface area contributed by atoms with Gasteiger partial charge in [0.25, 0.3) is 5.69 Å². The highest BCUT2D eigenvalue weighted by Crippen LogP contribution is 2.50. The number of carboxylic acids is 1. The van der Waals surface area contributed by atoms with Gasteiger partial charge in [-0.1, -0.05) is 36.4 Å². The first-order valence-corrected chi connectivity index (χ1v) is 7.96. The summed E-state index contributed by atoms with van der Waals surface area (Å²) in [6.45, 7) is 0. The van der Waals surface area contributed by atoms with Crippen molar-refractivity contribution in [3.8, 4) is 0 Å². The van der Waals surface area contributed by atoms with Crippen LogP contribution in [0.25, 0.3) is 0 Å². The van der Waals surface area contributed by atoms with Crippen LogP contribution < -0.4 is 10.5 Å². The second-order valence-corrected chi connectivity index (χ2v) is 6.27. The van der Waals surface area contributed by atoms with Crippen molar-refractivity contribution >= 4 is 17.3 Å². The van der Waals surface area contributed by atoms with Crippen LogP contribution >= 0.6 is 0 Å². The maximum absolute atomic E-state index is 11.6. The van der Waals surface area contributed by atoms with Crippen molar-refractivity contribution < 1.29 is 15.1 Å². The maximum Gasteiger partial charge on any atom is 0.337 e. The van der Waals surface area contributed by atoms with Crippen LogP contribution in [0, 0.1) is 10.8 Å². The van der Waals surface area contributed by atoms with E-state index in [-0.39, 0.29) is 12.0 Å². The van der Waals surface area contributed by atoms with Crippen molar-refractivity contribution in [1.29, 1.82) is 0 Å². The Bertz CT molecular complexity index is 842. The molecule has 24 heavy (non-hydrogen) atoms. The number of hydrogen-bond acceptors (Lipinski definition) is 3. The van der Waals surface area contributed by atoms with E-state index in [0.29, 0.717) is 22.9 Å².